The number of carbonyl (C=O) groups excluding carboxylic acids is 1. The van der Waals surface area contributed by atoms with Gasteiger partial charge in [0.15, 0.2) is 0 Å². The van der Waals surface area contributed by atoms with Gasteiger partial charge in [-0.2, -0.15) is 10.4 Å². The largest absolute Gasteiger partial charge is 0.399 e. The third-order valence-corrected chi connectivity index (χ3v) is 9.21. The number of hydrogen-bond donors (Lipinski definition) is 2. The number of amides is 1. The van der Waals surface area contributed by atoms with Gasteiger partial charge in [0.25, 0.3) is 5.91 Å². The fourth-order valence-corrected chi connectivity index (χ4v) is 6.09. The molecule has 3 aromatic rings. The summed E-state index contributed by atoms with van der Waals surface area (Å²) in [7, 11) is 14.1. The Labute approximate surface area is 221 Å². The minimum Gasteiger partial charge on any atom is -0.399 e. The van der Waals surface area contributed by atoms with E-state index in [-0.39, 0.29) is 29.3 Å². The summed E-state index contributed by atoms with van der Waals surface area (Å²) in [5.74, 6) is -0.225. The molecule has 0 spiro atoms. The fraction of sp³-hybridized carbons (Fsp3) is 0.238. The van der Waals surface area contributed by atoms with Crippen LogP contribution in [0.5, 0.6) is 0 Å². The van der Waals surface area contributed by atoms with E-state index in [1.54, 1.807) is 16.9 Å². The van der Waals surface area contributed by atoms with Crippen molar-refractivity contribution in [2.24, 2.45) is 0 Å². The number of halogens is 1. The number of rotatable bonds is 3. The van der Waals surface area contributed by atoms with Crippen molar-refractivity contribution in [3.8, 4) is 23.0 Å². The Kier molecular flexibility index (Phi) is 5.37. The minimum atomic E-state index is -1.04. The van der Waals surface area contributed by atoms with Gasteiger partial charge in [-0.15, -0.1) is 0 Å². The number of aliphatic hydroxyl groups is 1. The summed E-state index contributed by atoms with van der Waals surface area (Å²) in [5, 5.41) is 27.2. The van der Waals surface area contributed by atoms with Crippen molar-refractivity contribution in [1.29, 1.82) is 5.26 Å². The predicted octanol–water partition coefficient (Wildman–Crippen LogP) is -5.45. The summed E-state index contributed by atoms with van der Waals surface area (Å²) in [5.41, 5.74) is 0.712. The quantitative estimate of drug-likeness (QED) is 0.358. The molecule has 0 saturated carbocycles. The van der Waals surface area contributed by atoms with Crippen LogP contribution in [0.3, 0.4) is 0 Å². The zero-order chi connectivity index (χ0) is 27.1. The van der Waals surface area contributed by atoms with E-state index in [0.717, 1.165) is 0 Å². The smallest absolute Gasteiger partial charge is 0.255 e. The molecule has 0 radical (unpaired) electrons. The molecule has 2 aromatic heterocycles. The Bertz CT molecular complexity index is 1490. The maximum Gasteiger partial charge on any atom is 0.255 e. The molecule has 16 heteroatoms. The fourth-order valence-electron chi connectivity index (χ4n) is 6.09. The van der Waals surface area contributed by atoms with Gasteiger partial charge in [0, 0.05) is 17.8 Å². The van der Waals surface area contributed by atoms with Crippen LogP contribution >= 0.6 is 0 Å². The molecule has 2 aliphatic rings. The van der Waals surface area contributed by atoms with Crippen molar-refractivity contribution < 1.29 is 14.3 Å². The number of carbonyl (C=O) groups is 1. The van der Waals surface area contributed by atoms with Crippen molar-refractivity contribution in [3.63, 3.8) is 0 Å². The van der Waals surface area contributed by atoms with Crippen LogP contribution < -0.4 is 10.2 Å². The highest BCUT2D eigenvalue weighted by molar-refractivity contribution is 6.63. The van der Waals surface area contributed by atoms with E-state index >= 15 is 0 Å². The normalized spacial score (nSPS) is 22.8. The third kappa shape index (κ3) is 3.23. The van der Waals surface area contributed by atoms with Crippen LogP contribution in [0.25, 0.3) is 16.9 Å². The van der Waals surface area contributed by atoms with Crippen molar-refractivity contribution in [2.45, 2.75) is 27.9 Å². The van der Waals surface area contributed by atoms with Gasteiger partial charge in [-0.25, -0.2) is 14.1 Å². The third-order valence-electron chi connectivity index (χ3n) is 9.21. The Balaban J connectivity index is 1.69. The topological polar surface area (TPSA) is 107 Å². The average molecular weight is 487 g/mol. The second-order valence-corrected chi connectivity index (χ2v) is 11.6. The van der Waals surface area contributed by atoms with Crippen LogP contribution in [0.1, 0.15) is 21.6 Å². The molecule has 1 fully saturated rings. The second kappa shape index (κ2) is 7.84. The summed E-state index contributed by atoms with van der Waals surface area (Å²) < 4.78 is 16.5. The first-order valence-corrected chi connectivity index (χ1v) is 12.3. The molecule has 1 atom stereocenters. The van der Waals surface area contributed by atoms with Crippen LogP contribution in [0.15, 0.2) is 36.5 Å². The molecule has 5 rings (SSSR count). The highest BCUT2D eigenvalue weighted by Crippen LogP contribution is 2.56. The maximum atomic E-state index is 14.9. The number of nitrogens with one attached hydrogen (secondary N) is 1. The van der Waals surface area contributed by atoms with Gasteiger partial charge >= 0.3 is 0 Å². The minimum absolute atomic E-state index is 0.0837. The van der Waals surface area contributed by atoms with E-state index in [0.29, 0.717) is 22.8 Å². The predicted molar refractivity (Wildman–Crippen MR) is 158 cm³/mol. The van der Waals surface area contributed by atoms with Gasteiger partial charge < -0.3 is 15.3 Å². The number of fused-ring (bicyclic) bond motifs is 1. The van der Waals surface area contributed by atoms with Crippen LogP contribution in [-0.2, 0) is 6.54 Å². The zero-order valence-corrected chi connectivity index (χ0v) is 22.1. The van der Waals surface area contributed by atoms with E-state index in [2.05, 4.69) is 46.6 Å². The number of aromatic nitrogens is 3. The van der Waals surface area contributed by atoms with Crippen molar-refractivity contribution in [3.05, 3.63) is 59.2 Å². The lowest BCUT2D eigenvalue weighted by atomic mass is 9.26. The number of pyridine rings is 1. The van der Waals surface area contributed by atoms with Crippen LogP contribution in [0.4, 0.5) is 10.2 Å². The standard InChI is InChI=1S/C21H24B7FN6O2/c22-18(23)19(24,37)21(27,28)35(20(18,25)26)14-4-5-34(33-14)13-6-11(32-12-8-31-17(36)16(12)13)15-9(7-30)2-1-3-10(15)29/h1-6,37H,8,22-28H2,(H,31,36)/t19-/m0/s1. The number of nitriles is 1. The Morgan fingerprint density at radius 2 is 1.78 bits per heavy atom. The molecule has 178 valence electrons. The molecule has 1 amide bonds. The van der Waals surface area contributed by atoms with E-state index in [4.69, 9.17) is 5.10 Å². The molecule has 8 nitrogen and oxygen atoms in total. The summed E-state index contributed by atoms with van der Waals surface area (Å²) in [6, 6.07) is 9.78. The first-order chi connectivity index (χ1) is 17.2. The lowest BCUT2D eigenvalue weighted by molar-refractivity contribution is 0.0965. The van der Waals surface area contributed by atoms with E-state index < -0.39 is 27.2 Å². The van der Waals surface area contributed by atoms with Gasteiger partial charge in [-0.05, 0) is 28.9 Å². The van der Waals surface area contributed by atoms with Gasteiger partial charge in [0.05, 0.1) is 46.4 Å². The number of anilines is 1. The molecule has 2 N–H and O–H groups in total. The molecule has 37 heavy (non-hydrogen) atoms. The summed E-state index contributed by atoms with van der Waals surface area (Å²) in [4.78, 5) is 19.4. The summed E-state index contributed by atoms with van der Waals surface area (Å²) in [6.45, 7) is 0.197. The number of benzene rings is 1. The molecule has 0 bridgehead atoms. The van der Waals surface area contributed by atoms with Crippen molar-refractivity contribution in [2.75, 3.05) is 4.90 Å². The molecular weight excluding hydrogens is 463 g/mol. The summed E-state index contributed by atoms with van der Waals surface area (Å²) in [6.07, 6.45) is 1.75. The molecule has 0 unspecified atom stereocenters. The summed E-state index contributed by atoms with van der Waals surface area (Å²) >= 11 is 0. The van der Waals surface area contributed by atoms with Crippen molar-refractivity contribution >= 4 is 66.6 Å². The maximum absolute atomic E-state index is 14.9. The van der Waals surface area contributed by atoms with Gasteiger partial charge in [0.1, 0.15) is 66.6 Å². The van der Waals surface area contributed by atoms with E-state index in [1.165, 1.54) is 18.2 Å². The number of nitrogens with zero attached hydrogens (tertiary/aromatic N) is 5. The highest BCUT2D eigenvalue weighted by Gasteiger charge is 2.67. The molecule has 1 aromatic carbocycles. The lowest BCUT2D eigenvalue weighted by Crippen LogP contribution is -2.63. The highest BCUT2D eigenvalue weighted by atomic mass is 19.1. The van der Waals surface area contributed by atoms with Crippen LogP contribution in [0.2, 0.25) is 5.21 Å². The molecular formula is C21H24B7FN6O2. The monoisotopic (exact) mass is 488 g/mol. The van der Waals surface area contributed by atoms with Crippen molar-refractivity contribution in [1.82, 2.24) is 20.1 Å². The molecule has 1 saturated heterocycles. The van der Waals surface area contributed by atoms with Crippen LogP contribution in [-0.4, -0.2) is 96.9 Å². The van der Waals surface area contributed by atoms with Gasteiger partial charge in [-0.3, -0.25) is 4.79 Å². The van der Waals surface area contributed by atoms with Crippen LogP contribution in [0, 0.1) is 17.1 Å². The zero-order valence-electron chi connectivity index (χ0n) is 22.1. The average Bonchev–Trinajstić information content (AvgIpc) is 3.46. The molecule has 0 aliphatic carbocycles. The molecule has 4 heterocycles. The Hall–Kier alpha value is -3.32. The second-order valence-electron chi connectivity index (χ2n) is 11.6. The van der Waals surface area contributed by atoms with E-state index in [9.17, 15) is 19.6 Å². The lowest BCUT2D eigenvalue weighted by Gasteiger charge is -2.45. The van der Waals surface area contributed by atoms with E-state index in [1.807, 2.05) is 35.7 Å². The van der Waals surface area contributed by atoms with Gasteiger partial charge in [-0.1, -0.05) is 11.3 Å². The van der Waals surface area contributed by atoms with Gasteiger partial charge in [0.2, 0.25) is 0 Å². The number of hydrogen-bond acceptors (Lipinski definition) is 6. The first-order valence-electron chi connectivity index (χ1n) is 12.3. The SMILES string of the molecule is BC1(B)N(c2ccn(-c3cc(-c4c(F)cccc4C#N)nc4c3C(=O)NC4)n2)C(B)(B)[C@@](B)(O)C1(B)B. The molecule has 2 aliphatic heterocycles. The first kappa shape index (κ1) is 25.3. The Morgan fingerprint density at radius 3 is 2.41 bits per heavy atom. The Morgan fingerprint density at radius 1 is 1.08 bits per heavy atom.